The number of fused-ring (bicyclic) bond motifs is 1. The predicted octanol–water partition coefficient (Wildman–Crippen LogP) is 2.31. The highest BCUT2D eigenvalue weighted by molar-refractivity contribution is 5.90. The zero-order valence-electron chi connectivity index (χ0n) is 10.5. The van der Waals surface area contributed by atoms with Crippen LogP contribution in [-0.4, -0.2) is 24.8 Å². The molecule has 0 amide bonds. The average molecular weight is 236 g/mol. The van der Waals surface area contributed by atoms with Gasteiger partial charge in [0.2, 0.25) is 0 Å². The van der Waals surface area contributed by atoms with Gasteiger partial charge in [0.05, 0.1) is 12.7 Å². The Bertz CT molecular complexity index is 350. The lowest BCUT2D eigenvalue weighted by Crippen LogP contribution is -2.40. The number of allylic oxidation sites excluding steroid dienone is 1. The van der Waals surface area contributed by atoms with Crippen molar-refractivity contribution in [1.82, 2.24) is 0 Å². The maximum atomic E-state index is 11.4. The largest absolute Gasteiger partial charge is 0.352 e. The number of hydrogen-bond donors (Lipinski definition) is 0. The Hall–Kier alpha value is -0.670. The van der Waals surface area contributed by atoms with Crippen LogP contribution in [-0.2, 0) is 14.3 Å². The van der Waals surface area contributed by atoms with Crippen molar-refractivity contribution in [3.8, 4) is 0 Å². The lowest BCUT2D eigenvalue weighted by Gasteiger charge is -2.39. The van der Waals surface area contributed by atoms with Gasteiger partial charge in [-0.3, -0.25) is 4.79 Å². The minimum absolute atomic E-state index is 0.00931. The third-order valence-electron chi connectivity index (χ3n) is 4.86. The van der Waals surface area contributed by atoms with Crippen LogP contribution in [0.1, 0.15) is 33.1 Å². The van der Waals surface area contributed by atoms with Crippen molar-refractivity contribution in [2.24, 2.45) is 17.3 Å². The number of hydrogen-bond acceptors (Lipinski definition) is 3. The summed E-state index contributed by atoms with van der Waals surface area (Å²) in [4.78, 5) is 11.4. The van der Waals surface area contributed by atoms with Crippen molar-refractivity contribution in [1.29, 1.82) is 0 Å². The standard InChI is InChI=1S/C14H20O3/c1-9-7-11(15)3-5-14(9,2)12-8-10-4-6-16-13(10)17-12/h3,5,9-10,12-13H,4,6-8H2,1-2H3/t9-,10-,12+,13+,14-/m1/s1. The smallest absolute Gasteiger partial charge is 0.160 e. The Labute approximate surface area is 102 Å². The normalized spacial score (nSPS) is 49.6. The first-order valence-electron chi connectivity index (χ1n) is 6.59. The van der Waals surface area contributed by atoms with E-state index in [2.05, 4.69) is 19.9 Å². The third-order valence-corrected chi connectivity index (χ3v) is 4.86. The first kappa shape index (κ1) is 11.4. The van der Waals surface area contributed by atoms with Gasteiger partial charge in [-0.05, 0) is 24.8 Å². The summed E-state index contributed by atoms with van der Waals surface area (Å²) in [6, 6.07) is 0. The summed E-state index contributed by atoms with van der Waals surface area (Å²) in [6.07, 6.45) is 6.85. The van der Waals surface area contributed by atoms with Crippen molar-refractivity contribution < 1.29 is 14.3 Å². The van der Waals surface area contributed by atoms with Gasteiger partial charge in [-0.1, -0.05) is 19.9 Å². The molecule has 3 heteroatoms. The SMILES string of the molecule is C[C@@H]1CC(=O)C=C[C@@]1(C)[C@@H]1C[C@H]2CCO[C@H]2O1. The number of ketones is 1. The van der Waals surface area contributed by atoms with E-state index in [0.717, 1.165) is 19.4 Å². The molecule has 3 rings (SSSR count). The van der Waals surface area contributed by atoms with Gasteiger partial charge >= 0.3 is 0 Å². The van der Waals surface area contributed by atoms with Crippen molar-refractivity contribution in [2.75, 3.05) is 6.61 Å². The average Bonchev–Trinajstić information content (AvgIpc) is 2.84. The summed E-state index contributed by atoms with van der Waals surface area (Å²) in [7, 11) is 0. The van der Waals surface area contributed by atoms with Gasteiger partial charge in [0.15, 0.2) is 12.1 Å². The van der Waals surface area contributed by atoms with Gasteiger partial charge < -0.3 is 9.47 Å². The molecule has 2 aliphatic heterocycles. The molecule has 0 aromatic heterocycles. The molecular formula is C14H20O3. The van der Waals surface area contributed by atoms with E-state index in [4.69, 9.17) is 9.47 Å². The Morgan fingerprint density at radius 3 is 3.00 bits per heavy atom. The zero-order chi connectivity index (χ0) is 12.0. The molecule has 94 valence electrons. The Morgan fingerprint density at radius 2 is 2.29 bits per heavy atom. The molecule has 0 saturated carbocycles. The molecule has 0 aromatic carbocycles. The fraction of sp³-hybridized carbons (Fsp3) is 0.786. The molecule has 0 unspecified atom stereocenters. The van der Waals surface area contributed by atoms with Crippen LogP contribution in [0.15, 0.2) is 12.2 Å². The van der Waals surface area contributed by atoms with Crippen molar-refractivity contribution in [2.45, 2.75) is 45.5 Å². The van der Waals surface area contributed by atoms with Gasteiger partial charge in [0.1, 0.15) is 0 Å². The quantitative estimate of drug-likeness (QED) is 0.701. The summed E-state index contributed by atoms with van der Waals surface area (Å²) >= 11 is 0. The lowest BCUT2D eigenvalue weighted by atomic mass is 9.67. The van der Waals surface area contributed by atoms with Crippen LogP contribution >= 0.6 is 0 Å². The molecule has 17 heavy (non-hydrogen) atoms. The summed E-state index contributed by atoms with van der Waals surface area (Å²) in [5, 5.41) is 0. The van der Waals surface area contributed by atoms with E-state index >= 15 is 0 Å². The molecule has 0 bridgehead atoms. The number of rotatable bonds is 1. The van der Waals surface area contributed by atoms with E-state index in [1.54, 1.807) is 6.08 Å². The van der Waals surface area contributed by atoms with Crippen LogP contribution in [0, 0.1) is 17.3 Å². The molecule has 0 radical (unpaired) electrons. The molecule has 1 aliphatic carbocycles. The summed E-state index contributed by atoms with van der Waals surface area (Å²) < 4.78 is 11.6. The minimum atomic E-state index is -0.0123. The fourth-order valence-corrected chi connectivity index (χ4v) is 3.33. The molecule has 2 fully saturated rings. The van der Waals surface area contributed by atoms with Gasteiger partial charge in [-0.15, -0.1) is 0 Å². The maximum absolute atomic E-state index is 11.4. The Balaban J connectivity index is 1.79. The van der Waals surface area contributed by atoms with E-state index in [1.807, 2.05) is 0 Å². The molecule has 3 nitrogen and oxygen atoms in total. The van der Waals surface area contributed by atoms with Gasteiger partial charge in [-0.2, -0.15) is 0 Å². The molecule has 2 heterocycles. The summed E-state index contributed by atoms with van der Waals surface area (Å²) in [6.45, 7) is 5.20. The van der Waals surface area contributed by atoms with Crippen LogP contribution in [0.25, 0.3) is 0 Å². The number of carbonyl (C=O) groups excluding carboxylic acids is 1. The topological polar surface area (TPSA) is 35.5 Å². The van der Waals surface area contributed by atoms with Crippen molar-refractivity contribution >= 4 is 5.78 Å². The predicted molar refractivity (Wildman–Crippen MR) is 63.4 cm³/mol. The van der Waals surface area contributed by atoms with Crippen LogP contribution < -0.4 is 0 Å². The fourth-order valence-electron chi connectivity index (χ4n) is 3.33. The molecule has 5 atom stereocenters. The van der Waals surface area contributed by atoms with Gasteiger partial charge in [0.25, 0.3) is 0 Å². The van der Waals surface area contributed by atoms with Gasteiger partial charge in [0, 0.05) is 17.8 Å². The molecule has 0 N–H and O–H groups in total. The monoisotopic (exact) mass is 236 g/mol. The molecule has 3 aliphatic rings. The van der Waals surface area contributed by atoms with Crippen LogP contribution in [0.2, 0.25) is 0 Å². The first-order chi connectivity index (χ1) is 8.09. The van der Waals surface area contributed by atoms with Crippen LogP contribution in [0.5, 0.6) is 0 Å². The van der Waals surface area contributed by atoms with Gasteiger partial charge in [-0.25, -0.2) is 0 Å². The minimum Gasteiger partial charge on any atom is -0.352 e. The molecular weight excluding hydrogens is 216 g/mol. The number of carbonyl (C=O) groups is 1. The Morgan fingerprint density at radius 1 is 1.47 bits per heavy atom. The highest BCUT2D eigenvalue weighted by Gasteiger charge is 2.49. The second-order valence-corrected chi connectivity index (χ2v) is 5.92. The van der Waals surface area contributed by atoms with Crippen LogP contribution in [0.4, 0.5) is 0 Å². The second-order valence-electron chi connectivity index (χ2n) is 5.92. The summed E-state index contributed by atoms with van der Waals surface area (Å²) in [5.41, 5.74) is -0.0123. The highest BCUT2D eigenvalue weighted by Crippen LogP contribution is 2.48. The van der Waals surface area contributed by atoms with E-state index in [9.17, 15) is 4.79 Å². The lowest BCUT2D eigenvalue weighted by molar-refractivity contribution is -0.145. The Kier molecular flexibility index (Phi) is 2.64. The molecule has 2 saturated heterocycles. The zero-order valence-corrected chi connectivity index (χ0v) is 10.5. The van der Waals surface area contributed by atoms with Crippen LogP contribution in [0.3, 0.4) is 0 Å². The molecule has 0 aromatic rings. The van der Waals surface area contributed by atoms with Crippen molar-refractivity contribution in [3.05, 3.63) is 12.2 Å². The summed E-state index contributed by atoms with van der Waals surface area (Å²) in [5.74, 6) is 1.16. The van der Waals surface area contributed by atoms with E-state index < -0.39 is 0 Å². The third kappa shape index (κ3) is 1.76. The van der Waals surface area contributed by atoms with E-state index in [1.165, 1.54) is 0 Å². The molecule has 0 spiro atoms. The van der Waals surface area contributed by atoms with E-state index in [0.29, 0.717) is 18.3 Å². The number of ether oxygens (including phenoxy) is 2. The van der Waals surface area contributed by atoms with E-state index in [-0.39, 0.29) is 23.6 Å². The maximum Gasteiger partial charge on any atom is 0.160 e. The second kappa shape index (κ2) is 3.92. The van der Waals surface area contributed by atoms with Crippen molar-refractivity contribution in [3.63, 3.8) is 0 Å². The highest BCUT2D eigenvalue weighted by atomic mass is 16.7. The first-order valence-corrected chi connectivity index (χ1v) is 6.59.